The molecule has 3 aromatic rings. The van der Waals surface area contributed by atoms with Crippen LogP contribution in [0.25, 0.3) is 11.0 Å². The van der Waals surface area contributed by atoms with Crippen molar-refractivity contribution in [3.63, 3.8) is 0 Å². The molecule has 6 nitrogen and oxygen atoms in total. The van der Waals surface area contributed by atoms with Gasteiger partial charge in [-0.05, 0) is 18.1 Å². The lowest BCUT2D eigenvalue weighted by Crippen LogP contribution is -2.30. The van der Waals surface area contributed by atoms with Crippen molar-refractivity contribution in [2.45, 2.75) is 20.1 Å². The number of hydrogen-bond donors (Lipinski definition) is 1. The van der Waals surface area contributed by atoms with Crippen molar-refractivity contribution in [3.05, 3.63) is 54.0 Å². The van der Waals surface area contributed by atoms with Crippen molar-refractivity contribution in [2.75, 3.05) is 13.7 Å². The summed E-state index contributed by atoms with van der Waals surface area (Å²) in [5, 5.41) is 8.03. The van der Waals surface area contributed by atoms with E-state index in [9.17, 15) is 4.79 Å². The number of ether oxygens (including phenoxy) is 1. The number of amides is 1. The number of furan rings is 1. The molecule has 6 heteroatoms. The van der Waals surface area contributed by atoms with Crippen LogP contribution in [0.4, 0.5) is 0 Å². The third kappa shape index (κ3) is 3.49. The largest absolute Gasteiger partial charge is 0.451 e. The molecule has 0 aliphatic heterocycles. The van der Waals surface area contributed by atoms with Gasteiger partial charge in [0.25, 0.3) is 5.91 Å². The number of hydrogen-bond acceptors (Lipinski definition) is 4. The lowest BCUT2D eigenvalue weighted by molar-refractivity contribution is 0.0914. The highest BCUT2D eigenvalue weighted by atomic mass is 16.5. The predicted molar refractivity (Wildman–Crippen MR) is 90.7 cm³/mol. The van der Waals surface area contributed by atoms with Gasteiger partial charge >= 0.3 is 0 Å². The lowest BCUT2D eigenvalue weighted by atomic mass is 10.1. The van der Waals surface area contributed by atoms with Gasteiger partial charge in [-0.2, -0.15) is 5.10 Å². The maximum atomic E-state index is 12.5. The summed E-state index contributed by atoms with van der Waals surface area (Å²) in [6, 6.07) is 9.48. The van der Waals surface area contributed by atoms with Crippen LogP contribution in [0, 0.1) is 5.92 Å². The molecule has 0 saturated carbocycles. The molecule has 126 valence electrons. The second kappa shape index (κ2) is 7.31. The Bertz CT molecular complexity index is 808. The zero-order chi connectivity index (χ0) is 16.9. The van der Waals surface area contributed by atoms with Crippen molar-refractivity contribution in [1.29, 1.82) is 0 Å². The molecule has 1 amide bonds. The summed E-state index contributed by atoms with van der Waals surface area (Å²) in [7, 11) is 1.61. The monoisotopic (exact) mass is 327 g/mol. The average Bonchev–Trinajstić information content (AvgIpc) is 3.21. The van der Waals surface area contributed by atoms with E-state index in [2.05, 4.69) is 17.3 Å². The molecule has 0 saturated heterocycles. The number of rotatable bonds is 7. The van der Waals surface area contributed by atoms with E-state index in [-0.39, 0.29) is 11.8 Å². The minimum absolute atomic E-state index is 0.217. The number of benzene rings is 1. The Hall–Kier alpha value is -2.60. The van der Waals surface area contributed by atoms with E-state index in [4.69, 9.17) is 9.15 Å². The zero-order valence-electron chi connectivity index (χ0n) is 13.9. The topological polar surface area (TPSA) is 69.3 Å². The van der Waals surface area contributed by atoms with E-state index < -0.39 is 0 Å². The Balaban J connectivity index is 1.70. The Labute approximate surface area is 140 Å². The van der Waals surface area contributed by atoms with Gasteiger partial charge in [0.05, 0.1) is 6.61 Å². The molecular formula is C18H21N3O3. The summed E-state index contributed by atoms with van der Waals surface area (Å²) < 4.78 is 12.8. The Kier molecular flexibility index (Phi) is 4.96. The van der Waals surface area contributed by atoms with Crippen LogP contribution < -0.4 is 5.32 Å². The van der Waals surface area contributed by atoms with Gasteiger partial charge in [-0.3, -0.25) is 9.48 Å². The Morgan fingerprint density at radius 2 is 2.21 bits per heavy atom. The molecule has 24 heavy (non-hydrogen) atoms. The van der Waals surface area contributed by atoms with Gasteiger partial charge in [0.1, 0.15) is 5.58 Å². The average molecular weight is 327 g/mol. The van der Waals surface area contributed by atoms with E-state index in [1.54, 1.807) is 13.3 Å². The first-order chi connectivity index (χ1) is 11.7. The summed E-state index contributed by atoms with van der Waals surface area (Å²) >= 11 is 0. The summed E-state index contributed by atoms with van der Waals surface area (Å²) in [4.78, 5) is 12.5. The molecular weight excluding hydrogens is 306 g/mol. The first-order valence-electron chi connectivity index (χ1n) is 7.94. The number of carbonyl (C=O) groups is 1. The molecule has 3 rings (SSSR count). The second-order valence-electron chi connectivity index (χ2n) is 5.88. The van der Waals surface area contributed by atoms with Crippen LogP contribution in [0.3, 0.4) is 0 Å². The van der Waals surface area contributed by atoms with Crippen LogP contribution in [0.5, 0.6) is 0 Å². The molecule has 2 heterocycles. The minimum atomic E-state index is -0.217. The van der Waals surface area contributed by atoms with Crippen LogP contribution >= 0.6 is 0 Å². The number of fused-ring (bicyclic) bond motifs is 1. The highest BCUT2D eigenvalue weighted by Gasteiger charge is 2.20. The van der Waals surface area contributed by atoms with Gasteiger partial charge in [0.15, 0.2) is 5.76 Å². The molecule has 0 bridgehead atoms. The highest BCUT2D eigenvalue weighted by Crippen LogP contribution is 2.26. The standard InChI is InChI=1S/C18H21N3O3/c1-13(11-21-9-5-8-20-21)10-19-18(22)17-15(12-23-2)14-6-3-4-7-16(14)24-17/h3-9,13H,10-12H2,1-2H3,(H,19,22)/t13-/m0/s1. The highest BCUT2D eigenvalue weighted by molar-refractivity contribution is 5.99. The van der Waals surface area contributed by atoms with Crippen molar-refractivity contribution < 1.29 is 13.9 Å². The number of aromatic nitrogens is 2. The summed E-state index contributed by atoms with van der Waals surface area (Å²) in [5.74, 6) is 0.360. The van der Waals surface area contributed by atoms with Gasteiger partial charge in [0.2, 0.25) is 0 Å². The maximum Gasteiger partial charge on any atom is 0.287 e. The van der Waals surface area contributed by atoms with E-state index in [0.29, 0.717) is 24.5 Å². The van der Waals surface area contributed by atoms with Crippen molar-refractivity contribution in [1.82, 2.24) is 15.1 Å². The third-order valence-electron chi connectivity index (χ3n) is 3.86. The first-order valence-corrected chi connectivity index (χ1v) is 7.94. The molecule has 2 aromatic heterocycles. The third-order valence-corrected chi connectivity index (χ3v) is 3.86. The van der Waals surface area contributed by atoms with Crippen molar-refractivity contribution >= 4 is 16.9 Å². The number of methoxy groups -OCH3 is 1. The number of para-hydroxylation sites is 1. The van der Waals surface area contributed by atoms with E-state index in [1.165, 1.54) is 0 Å². The number of carbonyl (C=O) groups excluding carboxylic acids is 1. The normalized spacial score (nSPS) is 12.4. The van der Waals surface area contributed by atoms with Crippen LogP contribution in [-0.2, 0) is 17.9 Å². The molecule has 0 fully saturated rings. The fraction of sp³-hybridized carbons (Fsp3) is 0.333. The molecule has 0 radical (unpaired) electrons. The predicted octanol–water partition coefficient (Wildman–Crippen LogP) is 2.84. The first kappa shape index (κ1) is 16.3. The van der Waals surface area contributed by atoms with Crippen LogP contribution in [0.2, 0.25) is 0 Å². The van der Waals surface area contributed by atoms with Gasteiger partial charge < -0.3 is 14.5 Å². The quantitative estimate of drug-likeness (QED) is 0.724. The summed E-state index contributed by atoms with van der Waals surface area (Å²) in [6.45, 7) is 3.69. The van der Waals surface area contributed by atoms with Crippen LogP contribution in [-0.4, -0.2) is 29.3 Å². The SMILES string of the molecule is COCc1c(C(=O)NC[C@H](C)Cn2cccn2)oc2ccccc12. The van der Waals surface area contributed by atoms with E-state index in [1.807, 2.05) is 41.2 Å². The van der Waals surface area contributed by atoms with Crippen LogP contribution in [0.1, 0.15) is 23.0 Å². The number of nitrogens with one attached hydrogen (secondary N) is 1. The Morgan fingerprint density at radius 3 is 2.96 bits per heavy atom. The summed E-state index contributed by atoms with van der Waals surface area (Å²) in [5.41, 5.74) is 1.48. The maximum absolute atomic E-state index is 12.5. The van der Waals surface area contributed by atoms with Gasteiger partial charge in [-0.25, -0.2) is 0 Å². The molecule has 0 spiro atoms. The zero-order valence-corrected chi connectivity index (χ0v) is 13.9. The molecule has 0 aliphatic rings. The fourth-order valence-corrected chi connectivity index (χ4v) is 2.71. The van der Waals surface area contributed by atoms with E-state index >= 15 is 0 Å². The van der Waals surface area contributed by atoms with Crippen molar-refractivity contribution in [3.8, 4) is 0 Å². The van der Waals surface area contributed by atoms with Crippen LogP contribution in [0.15, 0.2) is 47.1 Å². The minimum Gasteiger partial charge on any atom is -0.451 e. The molecule has 1 atom stereocenters. The Morgan fingerprint density at radius 1 is 1.38 bits per heavy atom. The lowest BCUT2D eigenvalue weighted by Gasteiger charge is -2.12. The second-order valence-corrected chi connectivity index (χ2v) is 5.88. The smallest absolute Gasteiger partial charge is 0.287 e. The molecule has 1 N–H and O–H groups in total. The fourth-order valence-electron chi connectivity index (χ4n) is 2.71. The summed E-state index contributed by atoms with van der Waals surface area (Å²) in [6.07, 6.45) is 3.66. The van der Waals surface area contributed by atoms with Gasteiger partial charge in [-0.15, -0.1) is 0 Å². The molecule has 0 unspecified atom stereocenters. The molecule has 1 aromatic carbocycles. The van der Waals surface area contributed by atoms with E-state index in [0.717, 1.165) is 17.5 Å². The molecule has 0 aliphatic carbocycles. The van der Waals surface area contributed by atoms with Gasteiger partial charge in [-0.1, -0.05) is 25.1 Å². The van der Waals surface area contributed by atoms with Gasteiger partial charge in [0, 0.05) is 43.5 Å². The number of nitrogens with zero attached hydrogens (tertiary/aromatic N) is 2. The van der Waals surface area contributed by atoms with Crippen molar-refractivity contribution in [2.24, 2.45) is 5.92 Å².